The fourth-order valence-corrected chi connectivity index (χ4v) is 4.03. The van der Waals surface area contributed by atoms with E-state index in [1.54, 1.807) is 0 Å². The Morgan fingerprint density at radius 1 is 0.485 bits per heavy atom. The van der Waals surface area contributed by atoms with Crippen molar-refractivity contribution in [2.24, 2.45) is 21.7 Å². The average molecular weight is 475 g/mol. The number of ether oxygens (including phenoxy) is 9. The first-order valence-electron chi connectivity index (χ1n) is 12.2. The fourth-order valence-electron chi connectivity index (χ4n) is 4.03. The summed E-state index contributed by atoms with van der Waals surface area (Å²) in [6.07, 6.45) is -1.07. The topological polar surface area (TPSA) is 83.1 Å². The summed E-state index contributed by atoms with van der Waals surface area (Å²) in [5.41, 5.74) is -0.639. The van der Waals surface area contributed by atoms with E-state index in [2.05, 4.69) is 41.5 Å². The molecule has 192 valence electrons. The molecule has 0 saturated carbocycles. The van der Waals surface area contributed by atoms with Crippen molar-refractivity contribution in [2.75, 3.05) is 66.1 Å². The zero-order valence-electron chi connectivity index (χ0n) is 21.2. The third kappa shape index (κ3) is 5.73. The summed E-state index contributed by atoms with van der Waals surface area (Å²) >= 11 is 0. The summed E-state index contributed by atoms with van der Waals surface area (Å²) in [7, 11) is 0. The molecule has 0 radical (unpaired) electrons. The molecule has 0 atom stereocenters. The van der Waals surface area contributed by atoms with Crippen molar-refractivity contribution < 1.29 is 42.6 Å². The molecule has 2 spiro atoms. The largest absolute Gasteiger partial charge is 0.412 e. The molecule has 0 aromatic rings. The normalized spacial score (nSPS) is 31.5. The second-order valence-corrected chi connectivity index (χ2v) is 11.8. The van der Waals surface area contributed by atoms with Gasteiger partial charge in [0, 0.05) is 21.7 Å². The molecule has 33 heavy (non-hydrogen) atoms. The van der Waals surface area contributed by atoms with Gasteiger partial charge in [-0.25, -0.2) is 0 Å². The molecule has 0 aromatic carbocycles. The summed E-state index contributed by atoms with van der Waals surface area (Å²) in [5, 5.41) is 0. The zero-order chi connectivity index (χ0) is 23.8. The summed E-state index contributed by atoms with van der Waals surface area (Å²) < 4.78 is 53.3. The minimum Gasteiger partial charge on any atom is -0.380 e. The maximum Gasteiger partial charge on any atom is 0.412 e. The monoisotopic (exact) mass is 474 g/mol. The molecule has 0 unspecified atom stereocenters. The smallest absolute Gasteiger partial charge is 0.380 e. The van der Waals surface area contributed by atoms with Crippen LogP contribution in [0.3, 0.4) is 0 Å². The van der Waals surface area contributed by atoms with Crippen molar-refractivity contribution in [1.82, 2.24) is 0 Å². The van der Waals surface area contributed by atoms with Gasteiger partial charge in [0.15, 0.2) is 0 Å². The highest BCUT2D eigenvalue weighted by molar-refractivity contribution is 4.85. The number of hydrogen-bond donors (Lipinski definition) is 0. The van der Waals surface area contributed by atoms with E-state index in [0.29, 0.717) is 66.1 Å². The van der Waals surface area contributed by atoms with Gasteiger partial charge in [0.05, 0.1) is 66.1 Å². The van der Waals surface area contributed by atoms with Crippen LogP contribution >= 0.6 is 0 Å². The lowest BCUT2D eigenvalue weighted by Gasteiger charge is -2.49. The molecule has 4 rings (SSSR count). The highest BCUT2D eigenvalue weighted by Crippen LogP contribution is 2.41. The van der Waals surface area contributed by atoms with Crippen molar-refractivity contribution in [2.45, 2.75) is 66.7 Å². The molecule has 4 aliphatic heterocycles. The van der Waals surface area contributed by atoms with Crippen LogP contribution in [0.25, 0.3) is 0 Å². The van der Waals surface area contributed by atoms with E-state index in [4.69, 9.17) is 42.6 Å². The molecule has 0 N–H and O–H groups in total. The van der Waals surface area contributed by atoms with Gasteiger partial charge in [0.1, 0.15) is 0 Å². The Morgan fingerprint density at radius 2 is 0.758 bits per heavy atom. The van der Waals surface area contributed by atoms with Crippen LogP contribution in [0.15, 0.2) is 0 Å². The molecule has 4 fully saturated rings. The number of rotatable bonds is 6. The van der Waals surface area contributed by atoms with Crippen molar-refractivity contribution in [1.29, 1.82) is 0 Å². The van der Waals surface area contributed by atoms with Crippen LogP contribution in [-0.4, -0.2) is 78.4 Å². The summed E-state index contributed by atoms with van der Waals surface area (Å²) in [6, 6.07) is 0. The van der Waals surface area contributed by atoms with Crippen LogP contribution in [0, 0.1) is 21.7 Å². The van der Waals surface area contributed by atoms with Crippen molar-refractivity contribution in [3.63, 3.8) is 0 Å². The zero-order valence-corrected chi connectivity index (χ0v) is 21.2. The highest BCUT2D eigenvalue weighted by Gasteiger charge is 2.52. The van der Waals surface area contributed by atoms with E-state index in [0.717, 1.165) is 12.8 Å². The Bertz CT molecular complexity index is 581. The molecule has 4 saturated heterocycles. The first-order valence-corrected chi connectivity index (χ1v) is 12.2. The fraction of sp³-hybridized carbons (Fsp3) is 1.00. The van der Waals surface area contributed by atoms with Crippen LogP contribution in [0.2, 0.25) is 0 Å². The molecule has 9 heteroatoms. The van der Waals surface area contributed by atoms with Crippen LogP contribution < -0.4 is 0 Å². The maximum atomic E-state index is 6.24. The molecule has 4 heterocycles. The van der Waals surface area contributed by atoms with Crippen molar-refractivity contribution in [3.05, 3.63) is 0 Å². The van der Waals surface area contributed by atoms with Gasteiger partial charge in [-0.3, -0.25) is 0 Å². The molecule has 0 amide bonds. The predicted octanol–water partition coefficient (Wildman–Crippen LogP) is 3.26. The van der Waals surface area contributed by atoms with Gasteiger partial charge in [-0.05, 0) is 12.8 Å². The maximum absolute atomic E-state index is 6.24. The Morgan fingerprint density at radius 3 is 1.03 bits per heavy atom. The summed E-state index contributed by atoms with van der Waals surface area (Å²) in [4.78, 5) is 0. The van der Waals surface area contributed by atoms with Gasteiger partial charge in [-0.1, -0.05) is 41.5 Å². The Balaban J connectivity index is 1.26. The van der Waals surface area contributed by atoms with E-state index >= 15 is 0 Å². The van der Waals surface area contributed by atoms with E-state index in [9.17, 15) is 0 Å². The molecule has 4 aliphatic rings. The Kier molecular flexibility index (Phi) is 7.22. The van der Waals surface area contributed by atoms with Gasteiger partial charge >= 0.3 is 12.3 Å². The van der Waals surface area contributed by atoms with Crippen molar-refractivity contribution in [3.8, 4) is 0 Å². The minimum absolute atomic E-state index is 0.0541. The Labute approximate surface area is 197 Å². The lowest BCUT2D eigenvalue weighted by Crippen LogP contribution is -2.59. The van der Waals surface area contributed by atoms with Crippen LogP contribution in [-0.2, 0) is 42.6 Å². The molecule has 0 aromatic heterocycles. The Hall–Kier alpha value is -0.360. The summed E-state index contributed by atoms with van der Waals surface area (Å²) in [5.74, 6) is 0. The standard InChI is InChI=1S/C24H42O9/c1-7-21(15-30-23(31-16-21)26-9-19(3,4)10-27-23)13-25-14-22(8-2)17-32-24(33-18-22)28-11-20(5,6)12-29-24/h7-18H2,1-6H3. The summed E-state index contributed by atoms with van der Waals surface area (Å²) in [6.45, 7) is 17.4. The van der Waals surface area contributed by atoms with Gasteiger partial charge in [0.25, 0.3) is 0 Å². The van der Waals surface area contributed by atoms with Crippen LogP contribution in [0.1, 0.15) is 54.4 Å². The first kappa shape index (κ1) is 25.7. The lowest BCUT2D eigenvalue weighted by atomic mass is 9.85. The molecular formula is C24H42O9. The second kappa shape index (κ2) is 9.26. The van der Waals surface area contributed by atoms with Gasteiger partial charge < -0.3 is 42.6 Å². The third-order valence-corrected chi connectivity index (χ3v) is 7.10. The number of hydrogen-bond acceptors (Lipinski definition) is 9. The van der Waals surface area contributed by atoms with Gasteiger partial charge in [-0.15, -0.1) is 0 Å². The lowest BCUT2D eigenvalue weighted by molar-refractivity contribution is -0.548. The third-order valence-electron chi connectivity index (χ3n) is 7.10. The first-order chi connectivity index (χ1) is 15.5. The average Bonchev–Trinajstić information content (AvgIpc) is 2.81. The molecule has 9 nitrogen and oxygen atoms in total. The van der Waals surface area contributed by atoms with Gasteiger partial charge in [-0.2, -0.15) is 0 Å². The van der Waals surface area contributed by atoms with Crippen molar-refractivity contribution >= 4 is 0 Å². The van der Waals surface area contributed by atoms with E-state index < -0.39 is 12.3 Å². The quantitative estimate of drug-likeness (QED) is 0.576. The minimum atomic E-state index is -1.38. The second-order valence-electron chi connectivity index (χ2n) is 11.8. The highest BCUT2D eigenvalue weighted by atomic mass is 17.0. The van der Waals surface area contributed by atoms with E-state index in [1.807, 2.05) is 0 Å². The van der Waals surface area contributed by atoms with Crippen LogP contribution in [0.5, 0.6) is 0 Å². The molecule has 0 bridgehead atoms. The van der Waals surface area contributed by atoms with Gasteiger partial charge in [0.2, 0.25) is 0 Å². The molecular weight excluding hydrogens is 432 g/mol. The van der Waals surface area contributed by atoms with E-state index in [-0.39, 0.29) is 21.7 Å². The predicted molar refractivity (Wildman–Crippen MR) is 117 cm³/mol. The van der Waals surface area contributed by atoms with E-state index in [1.165, 1.54) is 0 Å². The van der Waals surface area contributed by atoms with Crippen LogP contribution in [0.4, 0.5) is 0 Å². The molecule has 0 aliphatic carbocycles. The SMILES string of the molecule is CCC1(COCC2(CC)COC3(OCC(C)(C)CO3)OC2)COC2(OCC(C)(C)CO2)OC1.